The Bertz CT molecular complexity index is 432. The van der Waals surface area contributed by atoms with E-state index < -0.39 is 5.91 Å². The van der Waals surface area contributed by atoms with Crippen molar-refractivity contribution in [1.82, 2.24) is 0 Å². The molecule has 0 atom stereocenters. The van der Waals surface area contributed by atoms with Crippen molar-refractivity contribution in [2.75, 3.05) is 5.33 Å². The number of amides is 1. The maximum atomic E-state index is 11.4. The first kappa shape index (κ1) is 12.2. The van der Waals surface area contributed by atoms with Crippen molar-refractivity contribution in [3.8, 4) is 5.75 Å². The monoisotopic (exact) mass is 335 g/mol. The predicted octanol–water partition coefficient (Wildman–Crippen LogP) is 1.83. The maximum absolute atomic E-state index is 11.4. The summed E-state index contributed by atoms with van der Waals surface area (Å²) in [5.41, 5.74) is 5.29. The average Bonchev–Trinajstić information content (AvgIpc) is 2.20. The van der Waals surface area contributed by atoms with E-state index in [4.69, 9.17) is 5.73 Å². The third-order valence-electron chi connectivity index (χ3n) is 1.77. The molecule has 3 N–H and O–H groups in total. The van der Waals surface area contributed by atoms with Gasteiger partial charge in [0.15, 0.2) is 5.78 Å². The number of benzene rings is 1. The molecule has 0 saturated heterocycles. The van der Waals surface area contributed by atoms with Gasteiger partial charge in [-0.25, -0.2) is 0 Å². The lowest BCUT2D eigenvalue weighted by molar-refractivity contribution is 0.0997. The van der Waals surface area contributed by atoms with E-state index in [9.17, 15) is 14.7 Å². The van der Waals surface area contributed by atoms with Crippen LogP contribution >= 0.6 is 31.9 Å². The standard InChI is InChI=1S/C9H7Br2NO3/c10-3-7(13)4-1-5(9(12)15)8(14)6(11)2-4/h1-2,14H,3H2,(H2,12,15). The number of Topliss-reactive ketones (excluding diaryl/α,β-unsaturated/α-hetero) is 1. The highest BCUT2D eigenvalue weighted by molar-refractivity contribution is 9.10. The Labute approximate surface area is 103 Å². The van der Waals surface area contributed by atoms with Gasteiger partial charge >= 0.3 is 0 Å². The van der Waals surface area contributed by atoms with Crippen LogP contribution in [-0.2, 0) is 0 Å². The van der Waals surface area contributed by atoms with Crippen molar-refractivity contribution < 1.29 is 14.7 Å². The molecule has 0 bridgehead atoms. The van der Waals surface area contributed by atoms with Crippen LogP contribution in [0.15, 0.2) is 16.6 Å². The van der Waals surface area contributed by atoms with Crippen molar-refractivity contribution in [2.24, 2.45) is 5.73 Å². The number of carbonyl (C=O) groups is 2. The Morgan fingerprint density at radius 3 is 2.47 bits per heavy atom. The zero-order valence-corrected chi connectivity index (χ0v) is 10.6. The molecule has 0 radical (unpaired) electrons. The number of rotatable bonds is 3. The minimum atomic E-state index is -0.780. The minimum absolute atomic E-state index is 0.0753. The molecule has 0 spiro atoms. The molecule has 1 amide bonds. The Balaban J connectivity index is 3.35. The number of aromatic hydroxyl groups is 1. The number of hydrogen-bond donors (Lipinski definition) is 2. The molecule has 1 rings (SSSR count). The second-order valence-corrected chi connectivity index (χ2v) is 4.19. The summed E-state index contributed by atoms with van der Waals surface area (Å²) in [5, 5.41) is 9.62. The van der Waals surface area contributed by atoms with E-state index >= 15 is 0 Å². The van der Waals surface area contributed by atoms with Crippen molar-refractivity contribution in [1.29, 1.82) is 0 Å². The summed E-state index contributed by atoms with van der Waals surface area (Å²) in [6, 6.07) is 2.71. The fourth-order valence-corrected chi connectivity index (χ4v) is 1.81. The second kappa shape index (κ2) is 4.76. The molecule has 0 aromatic heterocycles. The molecule has 80 valence electrons. The van der Waals surface area contributed by atoms with Crippen LogP contribution in [0, 0.1) is 0 Å². The number of alkyl halides is 1. The minimum Gasteiger partial charge on any atom is -0.506 e. The van der Waals surface area contributed by atoms with Gasteiger partial charge < -0.3 is 10.8 Å². The largest absolute Gasteiger partial charge is 0.506 e. The summed E-state index contributed by atoms with van der Waals surface area (Å²) in [5.74, 6) is -1.23. The van der Waals surface area contributed by atoms with Gasteiger partial charge in [0.05, 0.1) is 15.4 Å². The van der Waals surface area contributed by atoms with Gasteiger partial charge in [0.2, 0.25) is 0 Å². The van der Waals surface area contributed by atoms with E-state index in [1.807, 2.05) is 0 Å². The third-order valence-corrected chi connectivity index (χ3v) is 2.89. The lowest BCUT2D eigenvalue weighted by Crippen LogP contribution is -2.13. The number of carbonyl (C=O) groups excluding carboxylic acids is 2. The number of hydrogen-bond acceptors (Lipinski definition) is 3. The van der Waals surface area contributed by atoms with E-state index in [0.717, 1.165) is 0 Å². The molecule has 4 nitrogen and oxygen atoms in total. The Kier molecular flexibility index (Phi) is 3.87. The molecule has 1 aromatic rings. The van der Waals surface area contributed by atoms with Crippen LogP contribution in [0.25, 0.3) is 0 Å². The highest BCUT2D eigenvalue weighted by atomic mass is 79.9. The van der Waals surface area contributed by atoms with Crippen LogP contribution in [0.1, 0.15) is 20.7 Å². The molecule has 0 saturated carbocycles. The van der Waals surface area contributed by atoms with Crippen molar-refractivity contribution in [3.63, 3.8) is 0 Å². The SMILES string of the molecule is NC(=O)c1cc(C(=O)CBr)cc(Br)c1O. The highest BCUT2D eigenvalue weighted by Crippen LogP contribution is 2.29. The van der Waals surface area contributed by atoms with E-state index in [-0.39, 0.29) is 26.9 Å². The number of ketones is 1. The summed E-state index contributed by atoms with van der Waals surface area (Å²) >= 11 is 6.05. The molecule has 0 fully saturated rings. The summed E-state index contributed by atoms with van der Waals surface area (Å²) in [4.78, 5) is 22.3. The van der Waals surface area contributed by atoms with Gasteiger partial charge in [0.25, 0.3) is 5.91 Å². The third kappa shape index (κ3) is 2.57. The van der Waals surface area contributed by atoms with Crippen LogP contribution in [0.4, 0.5) is 0 Å². The summed E-state index contributed by atoms with van der Waals surface area (Å²) in [7, 11) is 0. The molecule has 0 aliphatic carbocycles. The molecule has 0 aliphatic rings. The molecule has 6 heteroatoms. The first-order valence-corrected chi connectivity index (χ1v) is 5.80. The number of primary amides is 1. The lowest BCUT2D eigenvalue weighted by Gasteiger charge is -2.05. The molecule has 0 aliphatic heterocycles. The molecule has 1 aromatic carbocycles. The van der Waals surface area contributed by atoms with Gasteiger partial charge in [-0.2, -0.15) is 0 Å². The van der Waals surface area contributed by atoms with Crippen LogP contribution in [0.3, 0.4) is 0 Å². The van der Waals surface area contributed by atoms with Gasteiger partial charge in [-0.3, -0.25) is 9.59 Å². The lowest BCUT2D eigenvalue weighted by atomic mass is 10.1. The summed E-state index contributed by atoms with van der Waals surface area (Å²) < 4.78 is 0.267. The number of nitrogens with two attached hydrogens (primary N) is 1. The molecule has 0 heterocycles. The molecular weight excluding hydrogens is 330 g/mol. The predicted molar refractivity (Wildman–Crippen MR) is 62.4 cm³/mol. The Morgan fingerprint density at radius 1 is 1.40 bits per heavy atom. The van der Waals surface area contributed by atoms with Gasteiger partial charge in [0, 0.05) is 5.56 Å². The topological polar surface area (TPSA) is 80.4 Å². The zero-order valence-electron chi connectivity index (χ0n) is 7.46. The highest BCUT2D eigenvalue weighted by Gasteiger charge is 2.15. The van der Waals surface area contributed by atoms with E-state index in [2.05, 4.69) is 31.9 Å². The zero-order chi connectivity index (χ0) is 11.6. The normalized spacial score (nSPS) is 10.0. The van der Waals surface area contributed by atoms with Gasteiger partial charge in [-0.15, -0.1) is 0 Å². The molecular formula is C9H7Br2NO3. The van der Waals surface area contributed by atoms with Crippen LogP contribution in [-0.4, -0.2) is 22.1 Å². The van der Waals surface area contributed by atoms with E-state index in [1.54, 1.807) is 0 Å². The molecule has 15 heavy (non-hydrogen) atoms. The number of phenols is 1. The van der Waals surface area contributed by atoms with E-state index in [0.29, 0.717) is 5.56 Å². The first-order valence-electron chi connectivity index (χ1n) is 3.89. The molecule has 0 unspecified atom stereocenters. The van der Waals surface area contributed by atoms with Crippen molar-refractivity contribution in [3.05, 3.63) is 27.7 Å². The van der Waals surface area contributed by atoms with Gasteiger partial charge in [0.1, 0.15) is 5.75 Å². The van der Waals surface area contributed by atoms with Crippen LogP contribution in [0.5, 0.6) is 5.75 Å². The number of halogens is 2. The van der Waals surface area contributed by atoms with Crippen molar-refractivity contribution >= 4 is 43.6 Å². The van der Waals surface area contributed by atoms with E-state index in [1.165, 1.54) is 12.1 Å². The Hall–Kier alpha value is -0.880. The fourth-order valence-electron chi connectivity index (χ4n) is 1.03. The average molecular weight is 337 g/mol. The van der Waals surface area contributed by atoms with Gasteiger partial charge in [-0.05, 0) is 28.1 Å². The Morgan fingerprint density at radius 2 is 2.00 bits per heavy atom. The second-order valence-electron chi connectivity index (χ2n) is 2.78. The first-order chi connectivity index (χ1) is 6.97. The maximum Gasteiger partial charge on any atom is 0.252 e. The summed E-state index contributed by atoms with van der Waals surface area (Å²) in [6.45, 7) is 0. The van der Waals surface area contributed by atoms with Crippen LogP contribution in [0.2, 0.25) is 0 Å². The van der Waals surface area contributed by atoms with Crippen molar-refractivity contribution in [2.45, 2.75) is 0 Å². The fraction of sp³-hybridized carbons (Fsp3) is 0.111. The van der Waals surface area contributed by atoms with Crippen LogP contribution < -0.4 is 5.73 Å². The smallest absolute Gasteiger partial charge is 0.252 e. The van der Waals surface area contributed by atoms with Gasteiger partial charge in [-0.1, -0.05) is 15.9 Å². The quantitative estimate of drug-likeness (QED) is 0.652. The summed E-state index contributed by atoms with van der Waals surface area (Å²) in [6.07, 6.45) is 0.